The lowest BCUT2D eigenvalue weighted by Crippen LogP contribution is -2.50. The molecule has 3 heterocycles. The largest absolute Gasteiger partial charge is 0.495 e. The Morgan fingerprint density at radius 3 is 2.78 bits per heavy atom. The smallest absolute Gasteiger partial charge is 0.322 e. The van der Waals surface area contributed by atoms with Gasteiger partial charge >= 0.3 is 6.03 Å². The van der Waals surface area contributed by atoms with Gasteiger partial charge < -0.3 is 24.8 Å². The summed E-state index contributed by atoms with van der Waals surface area (Å²) in [7, 11) is 1.60. The lowest BCUT2D eigenvalue weighted by Gasteiger charge is -2.36. The number of amides is 2. The third kappa shape index (κ3) is 3.60. The summed E-state index contributed by atoms with van der Waals surface area (Å²) in [5, 5.41) is 2.93. The number of carbonyl (C=O) groups is 1. The molecule has 8 heteroatoms. The number of para-hydroxylation sites is 2. The van der Waals surface area contributed by atoms with Crippen LogP contribution in [-0.2, 0) is 0 Å². The highest BCUT2D eigenvalue weighted by atomic mass is 16.5. The molecule has 0 unspecified atom stereocenters. The van der Waals surface area contributed by atoms with Crippen LogP contribution in [0.1, 0.15) is 6.92 Å². The zero-order chi connectivity index (χ0) is 18.8. The molecule has 3 aliphatic rings. The Kier molecular flexibility index (Phi) is 4.70. The van der Waals surface area contributed by atoms with Crippen molar-refractivity contribution >= 4 is 23.9 Å². The number of nitrogens with zero attached hydrogens (tertiary/aromatic N) is 5. The van der Waals surface area contributed by atoms with Crippen molar-refractivity contribution < 1.29 is 9.53 Å². The van der Waals surface area contributed by atoms with Crippen LogP contribution >= 0.6 is 0 Å². The van der Waals surface area contributed by atoms with Gasteiger partial charge in [-0.15, -0.1) is 0 Å². The van der Waals surface area contributed by atoms with Crippen molar-refractivity contribution in [2.24, 2.45) is 9.98 Å². The average molecular weight is 368 g/mol. The van der Waals surface area contributed by atoms with Gasteiger partial charge in [-0.3, -0.25) is 4.99 Å². The lowest BCUT2D eigenvalue weighted by molar-refractivity contribution is 0.166. The minimum atomic E-state index is -0.111. The molecule has 1 aromatic carbocycles. The Labute approximate surface area is 158 Å². The number of hydrogen-bond donors (Lipinski definition) is 1. The standard InChI is InChI=1S/C19H24N6O2/c1-14-12-25-13-20-17(11-18(25)21-14)23-7-9-24(10-8-23)19(26)22-15-5-3-4-6-16(15)27-2/h3-6,11,13-14H,7-10,12H2,1-2H3,(H,22,26)/t14-/m0/s1. The number of carbonyl (C=O) groups excluding carboxylic acids is 1. The van der Waals surface area contributed by atoms with Crippen LogP contribution in [0, 0.1) is 0 Å². The molecule has 0 saturated carbocycles. The van der Waals surface area contributed by atoms with E-state index in [2.05, 4.69) is 32.0 Å². The highest BCUT2D eigenvalue weighted by Crippen LogP contribution is 2.24. The molecule has 1 N–H and O–H groups in total. The molecule has 4 rings (SSSR count). The van der Waals surface area contributed by atoms with E-state index in [9.17, 15) is 4.79 Å². The molecule has 27 heavy (non-hydrogen) atoms. The molecular weight excluding hydrogens is 344 g/mol. The first kappa shape index (κ1) is 17.4. The maximum absolute atomic E-state index is 12.6. The number of anilines is 1. The van der Waals surface area contributed by atoms with Crippen LogP contribution in [0.4, 0.5) is 10.5 Å². The van der Waals surface area contributed by atoms with Gasteiger partial charge in [-0.25, -0.2) is 9.79 Å². The zero-order valence-electron chi connectivity index (χ0n) is 15.6. The van der Waals surface area contributed by atoms with E-state index >= 15 is 0 Å². The number of piperazine rings is 1. The van der Waals surface area contributed by atoms with Crippen LogP contribution in [0.2, 0.25) is 0 Å². The van der Waals surface area contributed by atoms with Crippen LogP contribution in [0.5, 0.6) is 5.75 Å². The Morgan fingerprint density at radius 1 is 1.22 bits per heavy atom. The fourth-order valence-electron chi connectivity index (χ4n) is 3.48. The quantitative estimate of drug-likeness (QED) is 0.884. The third-order valence-electron chi connectivity index (χ3n) is 4.93. The Morgan fingerprint density at radius 2 is 2.00 bits per heavy atom. The summed E-state index contributed by atoms with van der Waals surface area (Å²) in [5.74, 6) is 2.55. The molecule has 142 valence electrons. The number of methoxy groups -OCH3 is 1. The maximum Gasteiger partial charge on any atom is 0.322 e. The molecular formula is C19H24N6O2. The van der Waals surface area contributed by atoms with E-state index in [1.807, 2.05) is 41.6 Å². The van der Waals surface area contributed by atoms with Crippen LogP contribution in [-0.4, -0.2) is 78.8 Å². The summed E-state index contributed by atoms with van der Waals surface area (Å²) in [6, 6.07) is 7.61. The first-order valence-corrected chi connectivity index (χ1v) is 9.18. The van der Waals surface area contributed by atoms with Crippen molar-refractivity contribution in [2.45, 2.75) is 13.0 Å². The minimum absolute atomic E-state index is 0.111. The zero-order valence-corrected chi connectivity index (χ0v) is 15.6. The van der Waals surface area contributed by atoms with Crippen LogP contribution < -0.4 is 10.1 Å². The number of urea groups is 1. The predicted molar refractivity (Wildman–Crippen MR) is 105 cm³/mol. The fourth-order valence-corrected chi connectivity index (χ4v) is 3.48. The Hall–Kier alpha value is -3.03. The second-order valence-corrected chi connectivity index (χ2v) is 6.84. The first-order chi connectivity index (χ1) is 13.1. The second kappa shape index (κ2) is 7.30. The highest BCUT2D eigenvalue weighted by Gasteiger charge is 2.27. The summed E-state index contributed by atoms with van der Waals surface area (Å²) in [5.41, 5.74) is 0.681. The summed E-state index contributed by atoms with van der Waals surface area (Å²) < 4.78 is 5.29. The average Bonchev–Trinajstić information content (AvgIpc) is 3.07. The molecule has 2 amide bonds. The Bertz CT molecular complexity index is 810. The number of rotatable bonds is 3. The van der Waals surface area contributed by atoms with Crippen molar-refractivity contribution in [3.8, 4) is 5.75 Å². The van der Waals surface area contributed by atoms with Crippen molar-refractivity contribution in [2.75, 3.05) is 45.2 Å². The van der Waals surface area contributed by atoms with E-state index in [0.717, 1.165) is 31.3 Å². The molecule has 1 saturated heterocycles. The highest BCUT2D eigenvalue weighted by molar-refractivity contribution is 6.03. The van der Waals surface area contributed by atoms with E-state index in [1.165, 1.54) is 0 Å². The number of amidine groups is 1. The predicted octanol–water partition coefficient (Wildman–Crippen LogP) is 1.83. The summed E-state index contributed by atoms with van der Waals surface area (Å²) in [6.45, 7) is 5.75. The van der Waals surface area contributed by atoms with E-state index in [0.29, 0.717) is 30.6 Å². The second-order valence-electron chi connectivity index (χ2n) is 6.84. The molecule has 0 bridgehead atoms. The number of aliphatic imine (C=N–C) groups is 2. The van der Waals surface area contributed by atoms with Gasteiger partial charge in [0.2, 0.25) is 0 Å². The number of ether oxygens (including phenoxy) is 1. The minimum Gasteiger partial charge on any atom is -0.495 e. The summed E-state index contributed by atoms with van der Waals surface area (Å²) in [4.78, 5) is 27.9. The number of nitrogens with one attached hydrogen (secondary N) is 1. The molecule has 1 aromatic rings. The molecule has 8 nitrogen and oxygen atoms in total. The number of benzene rings is 1. The topological polar surface area (TPSA) is 72.8 Å². The summed E-state index contributed by atoms with van der Waals surface area (Å²) >= 11 is 0. The van der Waals surface area contributed by atoms with E-state index < -0.39 is 0 Å². The van der Waals surface area contributed by atoms with Gasteiger partial charge in [0.05, 0.1) is 25.2 Å². The molecule has 3 aliphatic heterocycles. The van der Waals surface area contributed by atoms with Crippen LogP contribution in [0.25, 0.3) is 0 Å². The fraction of sp³-hybridized carbons (Fsp3) is 0.421. The van der Waals surface area contributed by atoms with Crippen molar-refractivity contribution in [1.82, 2.24) is 14.7 Å². The van der Waals surface area contributed by atoms with Crippen LogP contribution in [0.15, 0.2) is 46.1 Å². The molecule has 0 spiro atoms. The number of fused-ring (bicyclic) bond motifs is 1. The lowest BCUT2D eigenvalue weighted by atomic mass is 10.3. The summed E-state index contributed by atoms with van der Waals surface area (Å²) in [6.07, 6.45) is 3.90. The molecule has 0 aliphatic carbocycles. The molecule has 1 atom stereocenters. The first-order valence-electron chi connectivity index (χ1n) is 9.18. The van der Waals surface area contributed by atoms with Gasteiger partial charge in [0.1, 0.15) is 17.4 Å². The van der Waals surface area contributed by atoms with Gasteiger partial charge in [0, 0.05) is 38.8 Å². The van der Waals surface area contributed by atoms with E-state index in [-0.39, 0.29) is 6.03 Å². The van der Waals surface area contributed by atoms with Crippen molar-refractivity contribution in [3.63, 3.8) is 0 Å². The van der Waals surface area contributed by atoms with E-state index in [1.54, 1.807) is 7.11 Å². The van der Waals surface area contributed by atoms with Gasteiger partial charge in [0.25, 0.3) is 0 Å². The van der Waals surface area contributed by atoms with Gasteiger partial charge in [-0.05, 0) is 19.1 Å². The van der Waals surface area contributed by atoms with Gasteiger partial charge in [-0.2, -0.15) is 0 Å². The normalized spacial score (nSPS) is 21.6. The number of hydrogen-bond acceptors (Lipinski definition) is 6. The van der Waals surface area contributed by atoms with E-state index in [4.69, 9.17) is 4.74 Å². The molecule has 1 fully saturated rings. The molecule has 0 aromatic heterocycles. The molecule has 0 radical (unpaired) electrons. The van der Waals surface area contributed by atoms with Gasteiger partial charge in [-0.1, -0.05) is 12.1 Å². The van der Waals surface area contributed by atoms with Gasteiger partial charge in [0.15, 0.2) is 0 Å². The SMILES string of the molecule is COc1ccccc1NC(=O)N1CCN(C2=CC3=N[C@@H](C)CN3C=N2)CC1. The van der Waals surface area contributed by atoms with Crippen LogP contribution in [0.3, 0.4) is 0 Å². The third-order valence-corrected chi connectivity index (χ3v) is 4.93. The van der Waals surface area contributed by atoms with Crippen molar-refractivity contribution in [1.29, 1.82) is 0 Å². The van der Waals surface area contributed by atoms with Crippen molar-refractivity contribution in [3.05, 3.63) is 36.2 Å². The maximum atomic E-state index is 12.6. The monoisotopic (exact) mass is 368 g/mol. The Balaban J connectivity index is 1.35.